The lowest BCUT2D eigenvalue weighted by molar-refractivity contribution is 0.0953. The van der Waals surface area contributed by atoms with Gasteiger partial charge in [-0.3, -0.25) is 9.89 Å². The number of carbonyl (C=O) groups is 1. The van der Waals surface area contributed by atoms with Gasteiger partial charge in [0.25, 0.3) is 5.91 Å². The third-order valence-electron chi connectivity index (χ3n) is 2.90. The zero-order valence-corrected chi connectivity index (χ0v) is 12.5. The lowest BCUT2D eigenvalue weighted by Crippen LogP contribution is -2.26. The van der Waals surface area contributed by atoms with E-state index in [1.54, 1.807) is 12.5 Å². The molecule has 0 aromatic carbocycles. The summed E-state index contributed by atoms with van der Waals surface area (Å²) in [6.07, 6.45) is 4.75. The van der Waals surface area contributed by atoms with Crippen LogP contribution in [-0.2, 0) is 19.9 Å². The van der Waals surface area contributed by atoms with Gasteiger partial charge in [0.1, 0.15) is 4.60 Å². The number of halogens is 1. The Kier molecular flexibility index (Phi) is 4.36. The molecule has 6 nitrogen and oxygen atoms in total. The first kappa shape index (κ1) is 13.8. The van der Waals surface area contributed by atoms with Crippen LogP contribution in [0.1, 0.15) is 28.7 Å². The van der Waals surface area contributed by atoms with Gasteiger partial charge in [0.2, 0.25) is 0 Å². The first-order valence-electron chi connectivity index (χ1n) is 6.09. The van der Waals surface area contributed by atoms with Crippen LogP contribution >= 0.6 is 15.9 Å². The summed E-state index contributed by atoms with van der Waals surface area (Å²) in [5.74, 6) is -0.0994. The summed E-state index contributed by atoms with van der Waals surface area (Å²) in [5, 5.41) is 9.59. The van der Waals surface area contributed by atoms with Crippen LogP contribution < -0.4 is 5.32 Å². The first-order chi connectivity index (χ1) is 9.13. The third kappa shape index (κ3) is 3.04. The van der Waals surface area contributed by atoms with Crippen LogP contribution in [0.15, 0.2) is 17.1 Å². The second kappa shape index (κ2) is 6.01. The average Bonchev–Trinajstić information content (AvgIpc) is 2.99. The summed E-state index contributed by atoms with van der Waals surface area (Å²) in [7, 11) is 1.91. The highest BCUT2D eigenvalue weighted by atomic mass is 79.9. The van der Waals surface area contributed by atoms with E-state index in [2.05, 4.69) is 36.4 Å². The Bertz CT molecular complexity index is 574. The number of aromatic nitrogens is 4. The van der Waals surface area contributed by atoms with Crippen LogP contribution in [0.2, 0.25) is 0 Å². The van der Waals surface area contributed by atoms with Gasteiger partial charge in [0.15, 0.2) is 0 Å². The van der Waals surface area contributed by atoms with Gasteiger partial charge >= 0.3 is 0 Å². The largest absolute Gasteiger partial charge is 0.352 e. The number of aromatic amines is 1. The van der Waals surface area contributed by atoms with Crippen LogP contribution in [0.3, 0.4) is 0 Å². The van der Waals surface area contributed by atoms with Crippen molar-refractivity contribution in [2.45, 2.75) is 19.8 Å². The molecule has 19 heavy (non-hydrogen) atoms. The van der Waals surface area contributed by atoms with Gasteiger partial charge in [0.05, 0.1) is 23.8 Å². The molecule has 0 atom stereocenters. The third-order valence-corrected chi connectivity index (χ3v) is 3.92. The van der Waals surface area contributed by atoms with Crippen LogP contribution in [0.5, 0.6) is 0 Å². The summed E-state index contributed by atoms with van der Waals surface area (Å²) < 4.78 is 2.84. The van der Waals surface area contributed by atoms with Crippen molar-refractivity contribution in [1.82, 2.24) is 25.1 Å². The highest BCUT2D eigenvalue weighted by molar-refractivity contribution is 9.10. The van der Waals surface area contributed by atoms with E-state index in [9.17, 15) is 4.79 Å². The molecule has 2 N–H and O–H groups in total. The monoisotopic (exact) mass is 325 g/mol. The fourth-order valence-electron chi connectivity index (χ4n) is 1.80. The van der Waals surface area contributed by atoms with Crippen molar-refractivity contribution in [2.75, 3.05) is 6.54 Å². The summed E-state index contributed by atoms with van der Waals surface area (Å²) in [6, 6.07) is 0. The van der Waals surface area contributed by atoms with Gasteiger partial charge in [0, 0.05) is 25.7 Å². The van der Waals surface area contributed by atoms with Gasteiger partial charge in [-0.15, -0.1) is 0 Å². The predicted octanol–water partition coefficient (Wildman–Crippen LogP) is 1.44. The quantitative estimate of drug-likeness (QED) is 0.873. The highest BCUT2D eigenvalue weighted by Crippen LogP contribution is 2.14. The molecule has 0 bridgehead atoms. The summed E-state index contributed by atoms with van der Waals surface area (Å²) in [5.41, 5.74) is 2.41. The van der Waals surface area contributed by atoms with E-state index in [-0.39, 0.29) is 5.91 Å². The van der Waals surface area contributed by atoms with E-state index in [4.69, 9.17) is 0 Å². The number of rotatable bonds is 5. The molecule has 1 amide bonds. The van der Waals surface area contributed by atoms with Crippen molar-refractivity contribution in [2.24, 2.45) is 7.05 Å². The van der Waals surface area contributed by atoms with Gasteiger partial charge in [-0.1, -0.05) is 6.92 Å². The minimum absolute atomic E-state index is 0.0994. The number of hydrogen-bond acceptors (Lipinski definition) is 3. The minimum Gasteiger partial charge on any atom is -0.352 e. The van der Waals surface area contributed by atoms with E-state index in [0.717, 1.165) is 22.4 Å². The summed E-state index contributed by atoms with van der Waals surface area (Å²) in [4.78, 5) is 16.2. The van der Waals surface area contributed by atoms with E-state index < -0.39 is 0 Å². The van der Waals surface area contributed by atoms with E-state index in [0.29, 0.717) is 18.5 Å². The molecule has 0 unspecified atom stereocenters. The second-order valence-electron chi connectivity index (χ2n) is 4.21. The maximum atomic E-state index is 12.0. The Morgan fingerprint density at radius 3 is 3.00 bits per heavy atom. The first-order valence-corrected chi connectivity index (χ1v) is 6.89. The molecule has 0 aliphatic heterocycles. The molecule has 0 saturated carbocycles. The number of hydrogen-bond donors (Lipinski definition) is 2. The van der Waals surface area contributed by atoms with Gasteiger partial charge in [-0.2, -0.15) is 5.10 Å². The van der Waals surface area contributed by atoms with Crippen molar-refractivity contribution < 1.29 is 4.79 Å². The Labute approximate surface area is 119 Å². The molecule has 0 fully saturated rings. The van der Waals surface area contributed by atoms with Crippen molar-refractivity contribution in [3.63, 3.8) is 0 Å². The molecule has 0 radical (unpaired) electrons. The molecule has 2 heterocycles. The topological polar surface area (TPSA) is 75.6 Å². The van der Waals surface area contributed by atoms with Crippen LogP contribution in [0.25, 0.3) is 0 Å². The number of H-pyrrole nitrogens is 1. The molecular weight excluding hydrogens is 310 g/mol. The number of aryl methyl sites for hydroxylation is 2. The SMILES string of the molecule is CCc1[nH]ncc1C(=O)NCCc1ncn(C)c1Br. The Hall–Kier alpha value is -1.63. The molecule has 2 aromatic rings. The van der Waals surface area contributed by atoms with Crippen LogP contribution in [0, 0.1) is 0 Å². The molecular formula is C12H16BrN5O. The lowest BCUT2D eigenvalue weighted by atomic mass is 10.2. The van der Waals surface area contributed by atoms with E-state index in [1.165, 1.54) is 0 Å². The van der Waals surface area contributed by atoms with Gasteiger partial charge in [-0.25, -0.2) is 4.98 Å². The lowest BCUT2D eigenvalue weighted by Gasteiger charge is -2.04. The highest BCUT2D eigenvalue weighted by Gasteiger charge is 2.12. The second-order valence-corrected chi connectivity index (χ2v) is 4.97. The smallest absolute Gasteiger partial charge is 0.254 e. The van der Waals surface area contributed by atoms with Gasteiger partial charge in [-0.05, 0) is 22.4 Å². The van der Waals surface area contributed by atoms with Crippen LogP contribution in [-0.4, -0.2) is 32.2 Å². The zero-order valence-electron chi connectivity index (χ0n) is 10.9. The number of carbonyl (C=O) groups excluding carboxylic acids is 1. The molecule has 7 heteroatoms. The van der Waals surface area contributed by atoms with Crippen molar-refractivity contribution in [1.29, 1.82) is 0 Å². The van der Waals surface area contributed by atoms with E-state index >= 15 is 0 Å². The normalized spacial score (nSPS) is 10.7. The molecule has 2 aromatic heterocycles. The molecule has 2 rings (SSSR count). The Balaban J connectivity index is 1.89. The maximum Gasteiger partial charge on any atom is 0.254 e. The minimum atomic E-state index is -0.0994. The number of nitrogens with one attached hydrogen (secondary N) is 2. The molecule has 0 aliphatic rings. The Morgan fingerprint density at radius 2 is 2.37 bits per heavy atom. The Morgan fingerprint density at radius 1 is 1.58 bits per heavy atom. The van der Waals surface area contributed by atoms with Crippen molar-refractivity contribution in [3.8, 4) is 0 Å². The zero-order chi connectivity index (χ0) is 13.8. The summed E-state index contributed by atoms with van der Waals surface area (Å²) in [6.45, 7) is 2.53. The van der Waals surface area contributed by atoms with Crippen molar-refractivity contribution in [3.05, 3.63) is 34.1 Å². The average molecular weight is 326 g/mol. The molecule has 0 saturated heterocycles. The molecule has 0 aliphatic carbocycles. The predicted molar refractivity (Wildman–Crippen MR) is 74.9 cm³/mol. The van der Waals surface area contributed by atoms with Crippen LogP contribution in [0.4, 0.5) is 0 Å². The standard InChI is InChI=1S/C12H16BrN5O/c1-3-9-8(6-16-17-9)12(19)14-5-4-10-11(13)18(2)7-15-10/h6-7H,3-5H2,1-2H3,(H,14,19)(H,16,17). The molecule has 102 valence electrons. The summed E-state index contributed by atoms with van der Waals surface area (Å²) >= 11 is 3.45. The van der Waals surface area contributed by atoms with Crippen molar-refractivity contribution >= 4 is 21.8 Å². The fraction of sp³-hybridized carbons (Fsp3) is 0.417. The fourth-order valence-corrected chi connectivity index (χ4v) is 2.19. The number of amides is 1. The number of nitrogens with zero attached hydrogens (tertiary/aromatic N) is 3. The van der Waals surface area contributed by atoms with Gasteiger partial charge < -0.3 is 9.88 Å². The maximum absolute atomic E-state index is 12.0. The van der Waals surface area contributed by atoms with E-state index in [1.807, 2.05) is 18.5 Å². The molecule has 0 spiro atoms. The number of imidazole rings is 1.